The summed E-state index contributed by atoms with van der Waals surface area (Å²) in [5.74, 6) is -1.92. The predicted molar refractivity (Wildman–Crippen MR) is 108 cm³/mol. The highest BCUT2D eigenvalue weighted by Crippen LogP contribution is 2.22. The molecular formula is C19H22N6O2S. The highest BCUT2D eigenvalue weighted by Gasteiger charge is 2.20. The third-order valence-electron chi connectivity index (χ3n) is 3.98. The largest absolute Gasteiger partial charge is 0.351 e. The molecule has 4 N–H and O–H groups in total. The Balaban J connectivity index is 1.85. The molecule has 1 aromatic carbocycles. The van der Waals surface area contributed by atoms with E-state index in [4.69, 9.17) is 17.5 Å². The summed E-state index contributed by atoms with van der Waals surface area (Å²) in [5.41, 5.74) is 6.89. The van der Waals surface area contributed by atoms with E-state index in [0.717, 1.165) is 5.56 Å². The molecular weight excluding hydrogens is 376 g/mol. The number of rotatable bonds is 4. The molecule has 0 aliphatic rings. The molecule has 0 radical (unpaired) electrons. The van der Waals surface area contributed by atoms with Gasteiger partial charge in [-0.25, -0.2) is 4.98 Å². The molecule has 0 aliphatic carbocycles. The minimum atomic E-state index is -0.945. The Morgan fingerprint density at radius 3 is 2.46 bits per heavy atom. The number of aromatic nitrogens is 2. The summed E-state index contributed by atoms with van der Waals surface area (Å²) in [6.45, 7) is 6.26. The van der Waals surface area contributed by atoms with E-state index in [9.17, 15) is 9.59 Å². The van der Waals surface area contributed by atoms with Gasteiger partial charge in [-0.15, -0.1) is 0 Å². The van der Waals surface area contributed by atoms with E-state index < -0.39 is 17.7 Å². The fraction of sp³-hybridized carbons (Fsp3) is 0.316. The Labute approximate surface area is 168 Å². The summed E-state index contributed by atoms with van der Waals surface area (Å²) in [5, 5.41) is 11.6. The lowest BCUT2D eigenvalue weighted by Crippen LogP contribution is -2.50. The molecule has 9 heteroatoms. The molecule has 28 heavy (non-hydrogen) atoms. The SMILES string of the molecule is CC(C)(C)c1ccc(C(=O)NC(=S)NNC(=O)C(C#N)Cc2c[nH]cn2)cc1. The number of nitrogens with zero attached hydrogens (tertiary/aromatic N) is 2. The highest BCUT2D eigenvalue weighted by atomic mass is 32.1. The third kappa shape index (κ3) is 5.89. The number of nitrogens with one attached hydrogen (secondary N) is 4. The van der Waals surface area contributed by atoms with Crippen LogP contribution in [0.25, 0.3) is 0 Å². The lowest BCUT2D eigenvalue weighted by Gasteiger charge is -2.19. The van der Waals surface area contributed by atoms with E-state index in [0.29, 0.717) is 11.3 Å². The zero-order valence-corrected chi connectivity index (χ0v) is 16.7. The molecule has 0 bridgehead atoms. The van der Waals surface area contributed by atoms with Crippen LogP contribution in [0.15, 0.2) is 36.8 Å². The highest BCUT2D eigenvalue weighted by molar-refractivity contribution is 7.80. The number of carbonyl (C=O) groups excluding carboxylic acids is 2. The van der Waals surface area contributed by atoms with Crippen LogP contribution < -0.4 is 16.2 Å². The number of nitriles is 1. The zero-order chi connectivity index (χ0) is 20.7. The van der Waals surface area contributed by atoms with E-state index >= 15 is 0 Å². The average molecular weight is 398 g/mol. The van der Waals surface area contributed by atoms with Gasteiger partial charge in [0.1, 0.15) is 5.92 Å². The van der Waals surface area contributed by atoms with Gasteiger partial charge in [0, 0.05) is 18.2 Å². The first-order valence-corrected chi connectivity index (χ1v) is 9.00. The first-order valence-electron chi connectivity index (χ1n) is 8.59. The number of hydrogen-bond donors (Lipinski definition) is 4. The van der Waals surface area contributed by atoms with Crippen LogP contribution in [0, 0.1) is 17.2 Å². The van der Waals surface area contributed by atoms with E-state index in [1.807, 2.05) is 18.2 Å². The van der Waals surface area contributed by atoms with Crippen LogP contribution in [-0.2, 0) is 16.6 Å². The normalized spacial score (nSPS) is 11.8. The molecule has 0 saturated carbocycles. The van der Waals surface area contributed by atoms with Gasteiger partial charge < -0.3 is 4.98 Å². The van der Waals surface area contributed by atoms with Gasteiger partial charge in [0.2, 0.25) is 0 Å². The number of hydrogen-bond acceptors (Lipinski definition) is 5. The number of carbonyl (C=O) groups is 2. The van der Waals surface area contributed by atoms with Crippen molar-refractivity contribution in [1.29, 1.82) is 5.26 Å². The molecule has 146 valence electrons. The number of aromatic amines is 1. The first kappa shape index (κ1) is 21.1. The Kier molecular flexibility index (Phi) is 6.84. The quantitative estimate of drug-likeness (QED) is 0.459. The third-order valence-corrected chi connectivity index (χ3v) is 4.18. The maximum atomic E-state index is 12.2. The van der Waals surface area contributed by atoms with Crippen molar-refractivity contribution in [3.63, 3.8) is 0 Å². The van der Waals surface area contributed by atoms with E-state index in [1.165, 1.54) is 6.33 Å². The van der Waals surface area contributed by atoms with Gasteiger partial charge in [-0.05, 0) is 35.3 Å². The molecule has 0 aliphatic heterocycles. The van der Waals surface area contributed by atoms with Crippen LogP contribution in [-0.4, -0.2) is 26.9 Å². The van der Waals surface area contributed by atoms with Crippen molar-refractivity contribution >= 4 is 29.1 Å². The van der Waals surface area contributed by atoms with E-state index in [2.05, 4.69) is 46.9 Å². The Hall–Kier alpha value is -3.25. The van der Waals surface area contributed by atoms with Crippen LogP contribution in [0.4, 0.5) is 0 Å². The van der Waals surface area contributed by atoms with Crippen molar-refractivity contribution in [2.24, 2.45) is 5.92 Å². The van der Waals surface area contributed by atoms with E-state index in [1.54, 1.807) is 18.3 Å². The van der Waals surface area contributed by atoms with Gasteiger partial charge in [-0.2, -0.15) is 5.26 Å². The van der Waals surface area contributed by atoms with Crippen LogP contribution >= 0.6 is 12.2 Å². The van der Waals surface area contributed by atoms with Crippen LogP contribution in [0.1, 0.15) is 42.4 Å². The number of hydrazine groups is 1. The number of H-pyrrole nitrogens is 1. The summed E-state index contributed by atoms with van der Waals surface area (Å²) < 4.78 is 0. The fourth-order valence-corrected chi connectivity index (χ4v) is 2.49. The molecule has 1 aromatic heterocycles. The number of imidazole rings is 1. The minimum Gasteiger partial charge on any atom is -0.351 e. The molecule has 1 heterocycles. The molecule has 0 saturated heterocycles. The van der Waals surface area contributed by atoms with Crippen molar-refractivity contribution in [2.45, 2.75) is 32.6 Å². The maximum absolute atomic E-state index is 12.2. The first-order chi connectivity index (χ1) is 13.2. The second kappa shape index (κ2) is 9.10. The molecule has 2 aromatic rings. The molecule has 2 rings (SSSR count). The van der Waals surface area contributed by atoms with Crippen molar-refractivity contribution in [3.8, 4) is 6.07 Å². The zero-order valence-electron chi connectivity index (χ0n) is 15.9. The van der Waals surface area contributed by atoms with Gasteiger partial charge >= 0.3 is 0 Å². The Morgan fingerprint density at radius 2 is 1.93 bits per heavy atom. The lowest BCUT2D eigenvalue weighted by molar-refractivity contribution is -0.123. The van der Waals surface area contributed by atoms with Gasteiger partial charge in [-0.3, -0.25) is 25.8 Å². The van der Waals surface area contributed by atoms with Crippen LogP contribution in [0.3, 0.4) is 0 Å². The summed E-state index contributed by atoms with van der Waals surface area (Å²) in [4.78, 5) is 31.1. The van der Waals surface area contributed by atoms with Gasteiger partial charge in [0.15, 0.2) is 5.11 Å². The molecule has 1 atom stereocenters. The predicted octanol–water partition coefficient (Wildman–Crippen LogP) is 1.73. The number of thiocarbonyl (C=S) groups is 1. The topological polar surface area (TPSA) is 123 Å². The summed E-state index contributed by atoms with van der Waals surface area (Å²) in [6, 6.07) is 9.12. The second-order valence-corrected chi connectivity index (χ2v) is 7.58. The number of benzene rings is 1. The standard InChI is InChI=1S/C19H22N6O2S/c1-19(2,3)14-6-4-12(5-7-14)16(26)23-18(28)25-24-17(27)13(9-20)8-15-10-21-11-22-15/h4-7,10-11,13H,8H2,1-3H3,(H,21,22)(H,24,27)(H2,23,25,26,28). The maximum Gasteiger partial charge on any atom is 0.257 e. The monoisotopic (exact) mass is 398 g/mol. The minimum absolute atomic E-state index is 0.0106. The Bertz CT molecular complexity index is 879. The summed E-state index contributed by atoms with van der Waals surface area (Å²) in [7, 11) is 0. The molecule has 0 spiro atoms. The van der Waals surface area contributed by atoms with Crippen molar-refractivity contribution in [2.75, 3.05) is 0 Å². The molecule has 8 nitrogen and oxygen atoms in total. The molecule has 1 unspecified atom stereocenters. The average Bonchev–Trinajstić information content (AvgIpc) is 3.16. The van der Waals surface area contributed by atoms with Crippen molar-refractivity contribution < 1.29 is 9.59 Å². The van der Waals surface area contributed by atoms with Crippen LogP contribution in [0.5, 0.6) is 0 Å². The lowest BCUT2D eigenvalue weighted by atomic mass is 9.87. The molecule has 2 amide bonds. The molecule has 0 fully saturated rings. The van der Waals surface area contributed by atoms with Gasteiger partial charge in [-0.1, -0.05) is 32.9 Å². The fourth-order valence-electron chi connectivity index (χ4n) is 2.34. The van der Waals surface area contributed by atoms with E-state index in [-0.39, 0.29) is 16.9 Å². The van der Waals surface area contributed by atoms with Crippen LogP contribution in [0.2, 0.25) is 0 Å². The van der Waals surface area contributed by atoms with Gasteiger partial charge in [0.05, 0.1) is 18.1 Å². The van der Waals surface area contributed by atoms with Gasteiger partial charge in [0.25, 0.3) is 11.8 Å². The second-order valence-electron chi connectivity index (χ2n) is 7.17. The number of amides is 2. The summed E-state index contributed by atoms with van der Waals surface area (Å²) >= 11 is 5.01. The van der Waals surface area contributed by atoms with Crippen molar-refractivity contribution in [1.82, 2.24) is 26.1 Å². The summed E-state index contributed by atoms with van der Waals surface area (Å²) in [6.07, 6.45) is 3.24. The smallest absolute Gasteiger partial charge is 0.257 e. The Morgan fingerprint density at radius 1 is 1.25 bits per heavy atom. The van der Waals surface area contributed by atoms with Crippen molar-refractivity contribution in [3.05, 3.63) is 53.6 Å².